The molecule has 7 heteroatoms. The van der Waals surface area contributed by atoms with Crippen molar-refractivity contribution >= 4 is 17.6 Å². The molecule has 2 N–H and O–H groups in total. The molecule has 0 aliphatic carbocycles. The number of aromatic nitrogens is 2. The van der Waals surface area contributed by atoms with E-state index in [2.05, 4.69) is 15.3 Å². The van der Waals surface area contributed by atoms with Crippen LogP contribution in [-0.2, 0) is 0 Å². The summed E-state index contributed by atoms with van der Waals surface area (Å²) in [6.07, 6.45) is 3.78. The number of carboxylic acid groups (broad SMARTS) is 1. The highest BCUT2D eigenvalue weighted by Gasteiger charge is 2.12. The minimum atomic E-state index is -1.21. The molecule has 0 radical (unpaired) electrons. The predicted octanol–water partition coefficient (Wildman–Crippen LogP) is 1.57. The highest BCUT2D eigenvalue weighted by Crippen LogP contribution is 2.17. The number of benzene rings is 1. The van der Waals surface area contributed by atoms with Gasteiger partial charge in [-0.25, -0.2) is 19.2 Å². The molecule has 1 heterocycles. The van der Waals surface area contributed by atoms with E-state index in [-0.39, 0.29) is 16.8 Å². The molecule has 0 unspecified atom stereocenters. The Kier molecular flexibility index (Phi) is 3.46. The lowest BCUT2D eigenvalue weighted by molar-refractivity contribution is 0.0696. The molecule has 0 fully saturated rings. The largest absolute Gasteiger partial charge is 0.478 e. The van der Waals surface area contributed by atoms with Gasteiger partial charge in [-0.3, -0.25) is 4.79 Å². The number of hydrogen-bond donors (Lipinski definition) is 2. The highest BCUT2D eigenvalue weighted by molar-refractivity contribution is 6.04. The van der Waals surface area contributed by atoms with Crippen LogP contribution in [0.2, 0.25) is 0 Å². The molecule has 0 bridgehead atoms. The first-order chi connectivity index (χ1) is 9.08. The summed E-state index contributed by atoms with van der Waals surface area (Å²) in [5.41, 5.74) is -0.197. The summed E-state index contributed by atoms with van der Waals surface area (Å²) in [4.78, 5) is 29.8. The maximum atomic E-state index is 13.5. The molecule has 6 nitrogen and oxygen atoms in total. The maximum Gasteiger partial charge on any atom is 0.335 e. The summed E-state index contributed by atoms with van der Waals surface area (Å²) in [7, 11) is 0. The maximum absolute atomic E-state index is 13.5. The summed E-state index contributed by atoms with van der Waals surface area (Å²) in [5.74, 6) is -2.56. The van der Waals surface area contributed by atoms with Crippen LogP contribution in [0, 0.1) is 5.82 Å². The fourth-order valence-corrected chi connectivity index (χ4v) is 1.36. The van der Waals surface area contributed by atoms with Gasteiger partial charge in [0.15, 0.2) is 0 Å². The van der Waals surface area contributed by atoms with Gasteiger partial charge in [-0.05, 0) is 18.2 Å². The first kappa shape index (κ1) is 12.6. The zero-order chi connectivity index (χ0) is 13.8. The SMILES string of the molecule is O=C(O)c1ccc(F)c(NC(=O)c2cncnc2)c1. The van der Waals surface area contributed by atoms with E-state index in [1.807, 2.05) is 0 Å². The zero-order valence-electron chi connectivity index (χ0n) is 9.50. The number of carbonyl (C=O) groups excluding carboxylic acids is 1. The van der Waals surface area contributed by atoms with Gasteiger partial charge < -0.3 is 10.4 Å². The highest BCUT2D eigenvalue weighted by atomic mass is 19.1. The van der Waals surface area contributed by atoms with Crippen molar-refractivity contribution in [2.75, 3.05) is 5.32 Å². The lowest BCUT2D eigenvalue weighted by Gasteiger charge is -2.06. The summed E-state index contributed by atoms with van der Waals surface area (Å²) >= 11 is 0. The normalized spacial score (nSPS) is 9.95. The Bertz CT molecular complexity index is 631. The molecule has 0 atom stereocenters. The molecule has 1 aromatic heterocycles. The van der Waals surface area contributed by atoms with Crippen molar-refractivity contribution in [2.24, 2.45) is 0 Å². The number of nitrogens with one attached hydrogen (secondary N) is 1. The third kappa shape index (κ3) is 2.89. The van der Waals surface area contributed by atoms with E-state index in [9.17, 15) is 14.0 Å². The number of halogens is 1. The van der Waals surface area contributed by atoms with E-state index in [1.165, 1.54) is 18.7 Å². The van der Waals surface area contributed by atoms with Crippen molar-refractivity contribution < 1.29 is 19.1 Å². The number of anilines is 1. The summed E-state index contributed by atoms with van der Waals surface area (Å²) in [6, 6.07) is 3.12. The van der Waals surface area contributed by atoms with Gasteiger partial charge in [0.1, 0.15) is 12.1 Å². The predicted molar refractivity (Wildman–Crippen MR) is 63.3 cm³/mol. The van der Waals surface area contributed by atoms with E-state index in [0.29, 0.717) is 0 Å². The van der Waals surface area contributed by atoms with Crippen LogP contribution < -0.4 is 5.32 Å². The van der Waals surface area contributed by atoms with Gasteiger partial charge in [0, 0.05) is 12.4 Å². The topological polar surface area (TPSA) is 92.2 Å². The Hall–Kier alpha value is -2.83. The third-order valence-corrected chi connectivity index (χ3v) is 2.28. The standard InChI is InChI=1S/C12H8FN3O3/c13-9-2-1-7(12(18)19)3-10(9)16-11(17)8-4-14-6-15-5-8/h1-6H,(H,16,17)(H,18,19). The monoisotopic (exact) mass is 261 g/mol. The van der Waals surface area contributed by atoms with Gasteiger partial charge >= 0.3 is 5.97 Å². The Morgan fingerprint density at radius 1 is 1.16 bits per heavy atom. The third-order valence-electron chi connectivity index (χ3n) is 2.28. The fraction of sp³-hybridized carbons (Fsp3) is 0. The van der Waals surface area contributed by atoms with Crippen molar-refractivity contribution in [3.8, 4) is 0 Å². The lowest BCUT2D eigenvalue weighted by Crippen LogP contribution is -2.14. The summed E-state index contributed by atoms with van der Waals surface area (Å²) < 4.78 is 13.5. The quantitative estimate of drug-likeness (QED) is 0.874. The van der Waals surface area contributed by atoms with E-state index in [0.717, 1.165) is 18.2 Å². The number of amides is 1. The smallest absolute Gasteiger partial charge is 0.335 e. The van der Waals surface area contributed by atoms with Crippen molar-refractivity contribution in [2.45, 2.75) is 0 Å². The second-order valence-electron chi connectivity index (χ2n) is 3.58. The Morgan fingerprint density at radius 2 is 1.84 bits per heavy atom. The van der Waals surface area contributed by atoms with Crippen LogP contribution >= 0.6 is 0 Å². The molecule has 0 saturated heterocycles. The molecule has 1 amide bonds. The molecule has 0 aliphatic rings. The van der Waals surface area contributed by atoms with Gasteiger partial charge in [-0.1, -0.05) is 0 Å². The second kappa shape index (κ2) is 5.21. The Labute approximate surface area is 106 Å². The van der Waals surface area contributed by atoms with Crippen LogP contribution in [0.3, 0.4) is 0 Å². The molecular formula is C12H8FN3O3. The van der Waals surface area contributed by atoms with Crippen molar-refractivity contribution in [1.82, 2.24) is 9.97 Å². The van der Waals surface area contributed by atoms with Crippen LogP contribution in [0.5, 0.6) is 0 Å². The average Bonchev–Trinajstić information content (AvgIpc) is 2.42. The van der Waals surface area contributed by atoms with E-state index in [1.54, 1.807) is 0 Å². The van der Waals surface area contributed by atoms with Crippen molar-refractivity contribution in [3.63, 3.8) is 0 Å². The molecule has 1 aromatic carbocycles. The molecule has 96 valence electrons. The fourth-order valence-electron chi connectivity index (χ4n) is 1.36. The molecule has 0 saturated carbocycles. The number of rotatable bonds is 3. The van der Waals surface area contributed by atoms with Crippen LogP contribution in [-0.4, -0.2) is 27.0 Å². The van der Waals surface area contributed by atoms with E-state index < -0.39 is 17.7 Å². The zero-order valence-corrected chi connectivity index (χ0v) is 9.50. The van der Waals surface area contributed by atoms with Gasteiger partial charge in [0.25, 0.3) is 5.91 Å². The minimum Gasteiger partial charge on any atom is -0.478 e. The van der Waals surface area contributed by atoms with Crippen LogP contribution in [0.1, 0.15) is 20.7 Å². The lowest BCUT2D eigenvalue weighted by atomic mass is 10.2. The van der Waals surface area contributed by atoms with Gasteiger partial charge in [0.05, 0.1) is 16.8 Å². The number of aromatic carboxylic acids is 1. The first-order valence-electron chi connectivity index (χ1n) is 5.17. The number of nitrogens with zero attached hydrogens (tertiary/aromatic N) is 2. The van der Waals surface area contributed by atoms with Crippen molar-refractivity contribution in [3.05, 3.63) is 53.9 Å². The van der Waals surface area contributed by atoms with Gasteiger partial charge in [0.2, 0.25) is 0 Å². The Balaban J connectivity index is 2.26. The summed E-state index contributed by atoms with van der Waals surface area (Å²) in [5, 5.41) is 11.1. The Morgan fingerprint density at radius 3 is 2.47 bits per heavy atom. The molecular weight excluding hydrogens is 253 g/mol. The van der Waals surface area contributed by atoms with Crippen molar-refractivity contribution in [1.29, 1.82) is 0 Å². The molecule has 2 rings (SSSR count). The summed E-state index contributed by atoms with van der Waals surface area (Å²) in [6.45, 7) is 0. The molecule has 2 aromatic rings. The number of carboxylic acids is 1. The van der Waals surface area contributed by atoms with E-state index in [4.69, 9.17) is 5.11 Å². The first-order valence-corrected chi connectivity index (χ1v) is 5.17. The second-order valence-corrected chi connectivity index (χ2v) is 3.58. The number of hydrogen-bond acceptors (Lipinski definition) is 4. The van der Waals surface area contributed by atoms with Crippen LogP contribution in [0.15, 0.2) is 36.9 Å². The molecule has 0 aliphatic heterocycles. The van der Waals surface area contributed by atoms with Crippen LogP contribution in [0.25, 0.3) is 0 Å². The average molecular weight is 261 g/mol. The van der Waals surface area contributed by atoms with Gasteiger partial charge in [-0.15, -0.1) is 0 Å². The molecule has 19 heavy (non-hydrogen) atoms. The number of carbonyl (C=O) groups is 2. The van der Waals surface area contributed by atoms with Gasteiger partial charge in [-0.2, -0.15) is 0 Å². The van der Waals surface area contributed by atoms with E-state index >= 15 is 0 Å². The minimum absolute atomic E-state index is 0.124. The van der Waals surface area contributed by atoms with Crippen LogP contribution in [0.4, 0.5) is 10.1 Å². The molecule has 0 spiro atoms.